The maximum Gasteiger partial charge on any atom is 0.126 e. The summed E-state index contributed by atoms with van der Waals surface area (Å²) < 4.78 is 5.66. The van der Waals surface area contributed by atoms with Gasteiger partial charge in [0.05, 0.1) is 37.5 Å². The standard InChI is InChI=1S/C16H18N6O/c1-2-12(6-17-3-1)14-8-19-16(21-14)15-10-23-5-4-22(15)9-13-7-18-11-20-13/h1-3,6-8,11,15H,4-5,9-10H2,(H,18,20)(H,19,21)/t15-/m0/s1. The number of rotatable bonds is 4. The van der Waals surface area contributed by atoms with Gasteiger partial charge in [-0.3, -0.25) is 9.88 Å². The molecule has 3 aromatic rings. The third kappa shape index (κ3) is 3.01. The Morgan fingerprint density at radius 3 is 3.09 bits per heavy atom. The van der Waals surface area contributed by atoms with Gasteiger partial charge in [0.1, 0.15) is 5.82 Å². The lowest BCUT2D eigenvalue weighted by molar-refractivity contribution is -0.0161. The summed E-state index contributed by atoms with van der Waals surface area (Å²) in [5.41, 5.74) is 3.10. The van der Waals surface area contributed by atoms with Crippen LogP contribution in [0.5, 0.6) is 0 Å². The number of morpholine rings is 1. The quantitative estimate of drug-likeness (QED) is 0.767. The second-order valence-corrected chi connectivity index (χ2v) is 5.56. The summed E-state index contributed by atoms with van der Waals surface area (Å²) in [4.78, 5) is 21.7. The molecule has 0 radical (unpaired) electrons. The van der Waals surface area contributed by atoms with Crippen LogP contribution in [0.2, 0.25) is 0 Å². The fourth-order valence-electron chi connectivity index (χ4n) is 2.84. The first kappa shape index (κ1) is 14.1. The smallest absolute Gasteiger partial charge is 0.126 e. The lowest BCUT2D eigenvalue weighted by Gasteiger charge is -2.33. The highest BCUT2D eigenvalue weighted by atomic mass is 16.5. The molecule has 0 amide bonds. The SMILES string of the molecule is c1cncc(-c2cnc([C@@H]3COCCN3Cc3cnc[nH]3)[nH]2)c1. The van der Waals surface area contributed by atoms with Crippen molar-refractivity contribution in [1.82, 2.24) is 29.8 Å². The monoisotopic (exact) mass is 310 g/mol. The van der Waals surface area contributed by atoms with Crippen LogP contribution < -0.4 is 0 Å². The molecule has 0 spiro atoms. The Morgan fingerprint density at radius 2 is 2.26 bits per heavy atom. The normalized spacial score (nSPS) is 19.0. The van der Waals surface area contributed by atoms with Crippen molar-refractivity contribution in [3.63, 3.8) is 0 Å². The molecule has 7 nitrogen and oxygen atoms in total. The van der Waals surface area contributed by atoms with E-state index in [-0.39, 0.29) is 6.04 Å². The first-order valence-electron chi connectivity index (χ1n) is 7.64. The Labute approximate surface area is 133 Å². The predicted octanol–water partition coefficient (Wildman–Crippen LogP) is 1.77. The van der Waals surface area contributed by atoms with E-state index in [0.29, 0.717) is 6.61 Å². The molecule has 1 aliphatic rings. The number of imidazole rings is 2. The topological polar surface area (TPSA) is 82.7 Å². The van der Waals surface area contributed by atoms with Crippen LogP contribution in [0, 0.1) is 0 Å². The molecular formula is C16H18N6O. The van der Waals surface area contributed by atoms with Gasteiger partial charge >= 0.3 is 0 Å². The van der Waals surface area contributed by atoms with Crippen molar-refractivity contribution in [3.05, 3.63) is 54.8 Å². The zero-order chi connectivity index (χ0) is 15.5. The summed E-state index contributed by atoms with van der Waals surface area (Å²) in [5, 5.41) is 0. The number of nitrogens with one attached hydrogen (secondary N) is 2. The van der Waals surface area contributed by atoms with Gasteiger partial charge in [-0.2, -0.15) is 0 Å². The molecule has 0 unspecified atom stereocenters. The predicted molar refractivity (Wildman–Crippen MR) is 84.4 cm³/mol. The first-order chi connectivity index (χ1) is 11.4. The second-order valence-electron chi connectivity index (χ2n) is 5.56. The Hall–Kier alpha value is -2.51. The molecule has 0 aliphatic carbocycles. The van der Waals surface area contributed by atoms with Crippen molar-refractivity contribution in [1.29, 1.82) is 0 Å². The van der Waals surface area contributed by atoms with Crippen molar-refractivity contribution in [3.8, 4) is 11.3 Å². The molecule has 1 aliphatic heterocycles. The van der Waals surface area contributed by atoms with Gasteiger partial charge in [0, 0.05) is 42.9 Å². The molecule has 4 heterocycles. The zero-order valence-electron chi connectivity index (χ0n) is 12.6. The molecule has 0 saturated carbocycles. The van der Waals surface area contributed by atoms with Crippen LogP contribution in [0.15, 0.2) is 43.2 Å². The van der Waals surface area contributed by atoms with Gasteiger partial charge < -0.3 is 14.7 Å². The zero-order valence-corrected chi connectivity index (χ0v) is 12.6. The van der Waals surface area contributed by atoms with E-state index in [1.165, 1.54) is 0 Å². The Morgan fingerprint density at radius 1 is 1.26 bits per heavy atom. The van der Waals surface area contributed by atoms with Gasteiger partial charge in [-0.25, -0.2) is 9.97 Å². The van der Waals surface area contributed by atoms with E-state index in [1.54, 1.807) is 12.5 Å². The Balaban J connectivity index is 1.56. The summed E-state index contributed by atoms with van der Waals surface area (Å²) in [6.45, 7) is 3.04. The molecule has 2 N–H and O–H groups in total. The Bertz CT molecular complexity index is 739. The first-order valence-corrected chi connectivity index (χ1v) is 7.64. The molecule has 0 aromatic carbocycles. The summed E-state index contributed by atoms with van der Waals surface area (Å²) in [6, 6.07) is 4.05. The summed E-state index contributed by atoms with van der Waals surface area (Å²) in [5.74, 6) is 0.920. The van der Waals surface area contributed by atoms with Crippen molar-refractivity contribution in [2.24, 2.45) is 0 Å². The number of aromatic nitrogens is 5. The summed E-state index contributed by atoms with van der Waals surface area (Å²) >= 11 is 0. The van der Waals surface area contributed by atoms with Crippen LogP contribution in [0.25, 0.3) is 11.3 Å². The minimum Gasteiger partial charge on any atom is -0.378 e. The minimum absolute atomic E-state index is 0.109. The molecule has 7 heteroatoms. The van der Waals surface area contributed by atoms with Gasteiger partial charge in [0.25, 0.3) is 0 Å². The highest BCUT2D eigenvalue weighted by Gasteiger charge is 2.27. The molecule has 4 rings (SSSR count). The Kier molecular flexibility index (Phi) is 3.87. The van der Waals surface area contributed by atoms with E-state index in [4.69, 9.17) is 4.74 Å². The third-order valence-electron chi connectivity index (χ3n) is 4.05. The van der Waals surface area contributed by atoms with Gasteiger partial charge in [-0.15, -0.1) is 0 Å². The van der Waals surface area contributed by atoms with Crippen molar-refractivity contribution in [2.45, 2.75) is 12.6 Å². The fourth-order valence-corrected chi connectivity index (χ4v) is 2.84. The van der Waals surface area contributed by atoms with Gasteiger partial charge in [-0.1, -0.05) is 0 Å². The third-order valence-corrected chi connectivity index (χ3v) is 4.05. The number of ether oxygens (including phenoxy) is 1. The number of aromatic amines is 2. The van der Waals surface area contributed by atoms with Crippen LogP contribution in [0.3, 0.4) is 0 Å². The largest absolute Gasteiger partial charge is 0.378 e. The van der Waals surface area contributed by atoms with E-state index in [1.807, 2.05) is 30.7 Å². The van der Waals surface area contributed by atoms with E-state index < -0.39 is 0 Å². The van der Waals surface area contributed by atoms with Gasteiger partial charge in [-0.05, 0) is 12.1 Å². The lowest BCUT2D eigenvalue weighted by Crippen LogP contribution is -2.39. The highest BCUT2D eigenvalue weighted by Crippen LogP contribution is 2.25. The van der Waals surface area contributed by atoms with Gasteiger partial charge in [0.2, 0.25) is 0 Å². The average molecular weight is 310 g/mol. The maximum atomic E-state index is 5.66. The molecule has 1 atom stereocenters. The average Bonchev–Trinajstić information content (AvgIpc) is 3.28. The number of hydrogen-bond donors (Lipinski definition) is 2. The number of hydrogen-bond acceptors (Lipinski definition) is 5. The van der Waals surface area contributed by atoms with E-state index >= 15 is 0 Å². The van der Waals surface area contributed by atoms with Crippen LogP contribution in [-0.4, -0.2) is 49.6 Å². The summed E-state index contributed by atoms with van der Waals surface area (Å²) in [7, 11) is 0. The lowest BCUT2D eigenvalue weighted by atomic mass is 10.2. The van der Waals surface area contributed by atoms with E-state index in [2.05, 4.69) is 29.8 Å². The maximum absolute atomic E-state index is 5.66. The van der Waals surface area contributed by atoms with Crippen LogP contribution in [0.1, 0.15) is 17.6 Å². The van der Waals surface area contributed by atoms with E-state index in [0.717, 1.165) is 42.5 Å². The van der Waals surface area contributed by atoms with Crippen LogP contribution >= 0.6 is 0 Å². The molecule has 0 bridgehead atoms. The van der Waals surface area contributed by atoms with Crippen LogP contribution in [0.4, 0.5) is 0 Å². The number of nitrogens with zero attached hydrogens (tertiary/aromatic N) is 4. The minimum atomic E-state index is 0.109. The molecule has 3 aromatic heterocycles. The molecule has 118 valence electrons. The molecular weight excluding hydrogens is 292 g/mol. The molecule has 1 saturated heterocycles. The van der Waals surface area contributed by atoms with Crippen LogP contribution in [-0.2, 0) is 11.3 Å². The summed E-state index contributed by atoms with van der Waals surface area (Å²) in [6.07, 6.45) is 9.02. The number of H-pyrrole nitrogens is 2. The molecule has 23 heavy (non-hydrogen) atoms. The second kappa shape index (κ2) is 6.31. The van der Waals surface area contributed by atoms with Crippen molar-refractivity contribution >= 4 is 0 Å². The van der Waals surface area contributed by atoms with Gasteiger partial charge in [0.15, 0.2) is 0 Å². The van der Waals surface area contributed by atoms with Crippen molar-refractivity contribution < 1.29 is 4.74 Å². The van der Waals surface area contributed by atoms with Crippen molar-refractivity contribution in [2.75, 3.05) is 19.8 Å². The number of pyridine rings is 1. The molecule has 1 fully saturated rings. The van der Waals surface area contributed by atoms with E-state index in [9.17, 15) is 0 Å². The fraction of sp³-hybridized carbons (Fsp3) is 0.312. The highest BCUT2D eigenvalue weighted by molar-refractivity contribution is 5.56.